The highest BCUT2D eigenvalue weighted by molar-refractivity contribution is 4.92. The molecule has 1 rings (SSSR count). The summed E-state index contributed by atoms with van der Waals surface area (Å²) in [6.45, 7) is 6.40. The van der Waals surface area contributed by atoms with Crippen LogP contribution < -0.4 is 0 Å². The molecule has 1 saturated carbocycles. The average molecular weight is 168 g/mol. The molecule has 0 spiro atoms. The molecule has 0 aliphatic heterocycles. The molecule has 0 radical (unpaired) electrons. The summed E-state index contributed by atoms with van der Waals surface area (Å²) in [5, 5.41) is 9.14. The van der Waals surface area contributed by atoms with Crippen LogP contribution in [0.2, 0.25) is 0 Å². The quantitative estimate of drug-likeness (QED) is 0.642. The number of hydrogen-bond acceptors (Lipinski definition) is 1. The van der Waals surface area contributed by atoms with Crippen LogP contribution in [0.4, 0.5) is 0 Å². The van der Waals surface area contributed by atoms with Crippen molar-refractivity contribution in [2.45, 2.75) is 39.0 Å². The molecule has 1 nitrogen and oxygen atoms in total. The maximum Gasteiger partial charge on any atom is 0.0462 e. The second kappa shape index (κ2) is 4.66. The predicted molar refractivity (Wildman–Crippen MR) is 52.0 cm³/mol. The number of allylic oxidation sites excluding steroid dienone is 1. The molecule has 0 amide bonds. The van der Waals surface area contributed by atoms with Crippen LogP contribution in [0.3, 0.4) is 0 Å². The van der Waals surface area contributed by atoms with Crippen LogP contribution >= 0.6 is 0 Å². The topological polar surface area (TPSA) is 20.2 Å². The molecule has 1 N–H and O–H groups in total. The summed E-state index contributed by atoms with van der Waals surface area (Å²) in [7, 11) is 0. The zero-order valence-electron chi connectivity index (χ0n) is 8.05. The summed E-state index contributed by atoms with van der Waals surface area (Å²) in [5.41, 5.74) is 1.26. The molecule has 0 saturated heterocycles. The van der Waals surface area contributed by atoms with Gasteiger partial charge in [-0.25, -0.2) is 0 Å². The highest BCUT2D eigenvalue weighted by atomic mass is 16.3. The largest absolute Gasteiger partial charge is 0.396 e. The Bertz CT molecular complexity index is 151. The van der Waals surface area contributed by atoms with E-state index < -0.39 is 0 Å². The van der Waals surface area contributed by atoms with Gasteiger partial charge in [0, 0.05) is 6.61 Å². The van der Waals surface area contributed by atoms with Crippen LogP contribution in [0.15, 0.2) is 12.2 Å². The van der Waals surface area contributed by atoms with Gasteiger partial charge >= 0.3 is 0 Å². The summed E-state index contributed by atoms with van der Waals surface area (Å²) in [6.07, 6.45) is 6.27. The molecule has 12 heavy (non-hydrogen) atoms. The lowest BCUT2D eigenvalue weighted by atomic mass is 9.77. The summed E-state index contributed by atoms with van der Waals surface area (Å²) in [4.78, 5) is 0. The molecule has 0 aromatic heterocycles. The van der Waals surface area contributed by atoms with Crippen LogP contribution in [0, 0.1) is 11.8 Å². The minimum atomic E-state index is 0.373. The molecule has 0 aromatic carbocycles. The fraction of sp³-hybridized carbons (Fsp3) is 0.818. The molecule has 0 heterocycles. The monoisotopic (exact) mass is 168 g/mol. The van der Waals surface area contributed by atoms with E-state index in [1.54, 1.807) is 0 Å². The van der Waals surface area contributed by atoms with E-state index in [0.717, 1.165) is 6.42 Å². The maximum atomic E-state index is 9.14. The number of rotatable bonds is 3. The van der Waals surface area contributed by atoms with Gasteiger partial charge in [0.25, 0.3) is 0 Å². The lowest BCUT2D eigenvalue weighted by Gasteiger charge is -2.30. The van der Waals surface area contributed by atoms with E-state index in [1.165, 1.54) is 31.3 Å². The number of aliphatic hydroxyl groups excluding tert-OH is 1. The van der Waals surface area contributed by atoms with Gasteiger partial charge in [-0.3, -0.25) is 0 Å². The smallest absolute Gasteiger partial charge is 0.0462 e. The van der Waals surface area contributed by atoms with E-state index >= 15 is 0 Å². The molecule has 2 unspecified atom stereocenters. The Morgan fingerprint density at radius 3 is 2.42 bits per heavy atom. The molecule has 0 bridgehead atoms. The molecule has 2 atom stereocenters. The van der Waals surface area contributed by atoms with E-state index in [4.69, 9.17) is 5.11 Å². The van der Waals surface area contributed by atoms with E-state index in [1.807, 2.05) is 0 Å². The highest BCUT2D eigenvalue weighted by Crippen LogP contribution is 2.33. The first-order chi connectivity index (χ1) is 5.74. The summed E-state index contributed by atoms with van der Waals surface area (Å²) < 4.78 is 0. The first-order valence-electron chi connectivity index (χ1n) is 4.99. The lowest BCUT2D eigenvalue weighted by molar-refractivity contribution is 0.134. The third-order valence-corrected chi connectivity index (χ3v) is 2.91. The Balaban J connectivity index is 2.41. The third-order valence-electron chi connectivity index (χ3n) is 2.91. The first kappa shape index (κ1) is 9.79. The van der Waals surface area contributed by atoms with Crippen molar-refractivity contribution in [3.63, 3.8) is 0 Å². The van der Waals surface area contributed by atoms with E-state index in [9.17, 15) is 0 Å². The van der Waals surface area contributed by atoms with Gasteiger partial charge < -0.3 is 5.11 Å². The number of aliphatic hydroxyl groups is 1. The lowest BCUT2D eigenvalue weighted by Crippen LogP contribution is -2.22. The van der Waals surface area contributed by atoms with Gasteiger partial charge in [0.15, 0.2) is 0 Å². The van der Waals surface area contributed by atoms with E-state index in [-0.39, 0.29) is 0 Å². The van der Waals surface area contributed by atoms with Crippen molar-refractivity contribution in [3.8, 4) is 0 Å². The van der Waals surface area contributed by atoms with Crippen molar-refractivity contribution in [2.24, 2.45) is 11.8 Å². The standard InChI is InChI=1S/C11H20O/c1-9(2)7-10-5-3-4-6-11(10)8-12/h10-12H,1,3-8H2,2H3. The normalized spacial score (nSPS) is 30.2. The second-order valence-electron chi connectivity index (χ2n) is 4.15. The molecule has 70 valence electrons. The third kappa shape index (κ3) is 2.63. The SMILES string of the molecule is C=C(C)CC1CCCCC1CO. The van der Waals surface area contributed by atoms with Crippen LogP contribution in [-0.4, -0.2) is 11.7 Å². The maximum absolute atomic E-state index is 9.14. The Morgan fingerprint density at radius 2 is 1.92 bits per heavy atom. The molecular weight excluding hydrogens is 148 g/mol. The average Bonchev–Trinajstić information content (AvgIpc) is 2.04. The molecule has 1 fully saturated rings. The van der Waals surface area contributed by atoms with Crippen LogP contribution in [-0.2, 0) is 0 Å². The molecule has 1 heteroatoms. The molecule has 1 aliphatic carbocycles. The Morgan fingerprint density at radius 1 is 1.33 bits per heavy atom. The highest BCUT2D eigenvalue weighted by Gasteiger charge is 2.23. The minimum absolute atomic E-state index is 0.373. The van der Waals surface area contributed by atoms with Crippen LogP contribution in [0.1, 0.15) is 39.0 Å². The second-order valence-corrected chi connectivity index (χ2v) is 4.15. The zero-order valence-corrected chi connectivity index (χ0v) is 8.05. The van der Waals surface area contributed by atoms with Crippen LogP contribution in [0.5, 0.6) is 0 Å². The number of hydrogen-bond donors (Lipinski definition) is 1. The fourth-order valence-corrected chi connectivity index (χ4v) is 2.24. The fourth-order valence-electron chi connectivity index (χ4n) is 2.24. The summed E-state index contributed by atoms with van der Waals surface area (Å²) >= 11 is 0. The molecule has 1 aliphatic rings. The molecular formula is C11H20O. The molecule has 0 aromatic rings. The Labute approximate surface area is 75.5 Å². The van der Waals surface area contributed by atoms with Gasteiger partial charge in [-0.15, -0.1) is 6.58 Å². The van der Waals surface area contributed by atoms with E-state index in [0.29, 0.717) is 18.4 Å². The van der Waals surface area contributed by atoms with E-state index in [2.05, 4.69) is 13.5 Å². The van der Waals surface area contributed by atoms with Gasteiger partial charge in [0.1, 0.15) is 0 Å². The van der Waals surface area contributed by atoms with Crippen molar-refractivity contribution >= 4 is 0 Å². The Kier molecular flexibility index (Phi) is 3.80. The van der Waals surface area contributed by atoms with Gasteiger partial charge in [0.2, 0.25) is 0 Å². The van der Waals surface area contributed by atoms with Gasteiger partial charge in [-0.2, -0.15) is 0 Å². The first-order valence-corrected chi connectivity index (χ1v) is 4.99. The Hall–Kier alpha value is -0.300. The van der Waals surface area contributed by atoms with Gasteiger partial charge in [0.05, 0.1) is 0 Å². The van der Waals surface area contributed by atoms with Crippen molar-refractivity contribution < 1.29 is 5.11 Å². The van der Waals surface area contributed by atoms with Crippen molar-refractivity contribution in [1.82, 2.24) is 0 Å². The van der Waals surface area contributed by atoms with Gasteiger partial charge in [-0.1, -0.05) is 18.4 Å². The zero-order chi connectivity index (χ0) is 8.97. The predicted octanol–water partition coefficient (Wildman–Crippen LogP) is 2.75. The van der Waals surface area contributed by atoms with Crippen molar-refractivity contribution in [1.29, 1.82) is 0 Å². The minimum Gasteiger partial charge on any atom is -0.396 e. The summed E-state index contributed by atoms with van der Waals surface area (Å²) in [5.74, 6) is 1.26. The van der Waals surface area contributed by atoms with Crippen molar-refractivity contribution in [3.05, 3.63) is 12.2 Å². The van der Waals surface area contributed by atoms with Crippen molar-refractivity contribution in [2.75, 3.05) is 6.61 Å². The van der Waals surface area contributed by atoms with Gasteiger partial charge in [-0.05, 0) is 38.0 Å². The van der Waals surface area contributed by atoms with Crippen LogP contribution in [0.25, 0.3) is 0 Å². The summed E-state index contributed by atoms with van der Waals surface area (Å²) in [6, 6.07) is 0.